The van der Waals surface area contributed by atoms with Crippen molar-refractivity contribution in [2.75, 3.05) is 17.3 Å². The maximum absolute atomic E-state index is 5.64. The SMILES string of the molecule is CC(C)CN(N)c1n[nH]c(N)n1. The van der Waals surface area contributed by atoms with Crippen LogP contribution in [0.25, 0.3) is 0 Å². The van der Waals surface area contributed by atoms with Crippen molar-refractivity contribution < 1.29 is 0 Å². The molecular formula is C6H14N6. The number of hydrogen-bond donors (Lipinski definition) is 3. The van der Waals surface area contributed by atoms with Crippen LogP contribution in [0, 0.1) is 5.92 Å². The van der Waals surface area contributed by atoms with E-state index in [4.69, 9.17) is 11.6 Å². The summed E-state index contributed by atoms with van der Waals surface area (Å²) >= 11 is 0. The molecule has 0 saturated heterocycles. The van der Waals surface area contributed by atoms with E-state index in [9.17, 15) is 0 Å². The van der Waals surface area contributed by atoms with Crippen LogP contribution in [0.2, 0.25) is 0 Å². The second-order valence-corrected chi connectivity index (χ2v) is 3.07. The molecule has 0 aliphatic carbocycles. The fraction of sp³-hybridized carbons (Fsp3) is 0.667. The van der Waals surface area contributed by atoms with Crippen molar-refractivity contribution in [1.29, 1.82) is 0 Å². The number of nitrogens with two attached hydrogens (primary N) is 2. The second-order valence-electron chi connectivity index (χ2n) is 3.07. The molecule has 68 valence electrons. The number of hydrazine groups is 1. The molecule has 12 heavy (non-hydrogen) atoms. The van der Waals surface area contributed by atoms with Crippen LogP contribution in [0.15, 0.2) is 0 Å². The summed E-state index contributed by atoms with van der Waals surface area (Å²) in [7, 11) is 0. The molecule has 1 aromatic rings. The Balaban J connectivity index is 2.58. The van der Waals surface area contributed by atoms with Gasteiger partial charge in [0.2, 0.25) is 5.95 Å². The maximum Gasteiger partial charge on any atom is 0.260 e. The molecular weight excluding hydrogens is 156 g/mol. The summed E-state index contributed by atoms with van der Waals surface area (Å²) < 4.78 is 0. The number of nitrogens with zero attached hydrogens (tertiary/aromatic N) is 3. The molecule has 6 nitrogen and oxygen atoms in total. The van der Waals surface area contributed by atoms with Gasteiger partial charge in [0, 0.05) is 6.54 Å². The molecule has 0 spiro atoms. The Bertz CT molecular complexity index is 242. The van der Waals surface area contributed by atoms with Crippen LogP contribution in [0.3, 0.4) is 0 Å². The highest BCUT2D eigenvalue weighted by molar-refractivity contribution is 5.31. The first-order chi connectivity index (χ1) is 5.59. The third-order valence-corrected chi connectivity index (χ3v) is 1.31. The first kappa shape index (κ1) is 8.79. The maximum atomic E-state index is 5.64. The summed E-state index contributed by atoms with van der Waals surface area (Å²) in [6.07, 6.45) is 0. The monoisotopic (exact) mass is 170 g/mol. The van der Waals surface area contributed by atoms with Gasteiger partial charge in [-0.15, -0.1) is 5.10 Å². The van der Waals surface area contributed by atoms with Crippen molar-refractivity contribution >= 4 is 11.9 Å². The predicted octanol–water partition coefficient (Wildman–Crippen LogP) is -0.277. The van der Waals surface area contributed by atoms with Gasteiger partial charge in [0.05, 0.1) is 0 Å². The van der Waals surface area contributed by atoms with Gasteiger partial charge in [0.15, 0.2) is 0 Å². The molecule has 0 unspecified atom stereocenters. The average Bonchev–Trinajstić information content (AvgIpc) is 2.34. The van der Waals surface area contributed by atoms with E-state index < -0.39 is 0 Å². The lowest BCUT2D eigenvalue weighted by molar-refractivity contribution is 0.612. The minimum Gasteiger partial charge on any atom is -0.368 e. The molecule has 6 heteroatoms. The second kappa shape index (κ2) is 3.40. The van der Waals surface area contributed by atoms with Crippen LogP contribution < -0.4 is 16.6 Å². The number of nitrogen functional groups attached to an aromatic ring is 1. The zero-order chi connectivity index (χ0) is 9.14. The van der Waals surface area contributed by atoms with Crippen molar-refractivity contribution in [3.63, 3.8) is 0 Å². The van der Waals surface area contributed by atoms with Crippen molar-refractivity contribution in [2.24, 2.45) is 11.8 Å². The summed E-state index contributed by atoms with van der Waals surface area (Å²) in [5.74, 6) is 6.82. The molecule has 0 bridgehead atoms. The molecule has 1 aromatic heterocycles. The number of aromatic amines is 1. The molecule has 0 saturated carbocycles. The molecule has 0 aliphatic rings. The standard InChI is InChI=1S/C6H14N6/c1-4(2)3-12(8)6-9-5(7)10-11-6/h4H,3,8H2,1-2H3,(H3,7,9,10,11). The molecule has 0 atom stereocenters. The molecule has 0 amide bonds. The lowest BCUT2D eigenvalue weighted by atomic mass is 10.2. The van der Waals surface area contributed by atoms with Gasteiger partial charge in [-0.25, -0.2) is 10.9 Å². The highest BCUT2D eigenvalue weighted by Gasteiger charge is 2.08. The van der Waals surface area contributed by atoms with Crippen LogP contribution in [-0.4, -0.2) is 21.7 Å². The summed E-state index contributed by atoms with van der Waals surface area (Å²) in [5.41, 5.74) is 5.34. The van der Waals surface area contributed by atoms with Gasteiger partial charge in [-0.05, 0) is 5.92 Å². The van der Waals surface area contributed by atoms with Gasteiger partial charge in [0.1, 0.15) is 0 Å². The molecule has 5 N–H and O–H groups in total. The van der Waals surface area contributed by atoms with Crippen LogP contribution in [0.1, 0.15) is 13.8 Å². The molecule has 0 aliphatic heterocycles. The Morgan fingerprint density at radius 2 is 2.25 bits per heavy atom. The first-order valence-corrected chi connectivity index (χ1v) is 3.79. The van der Waals surface area contributed by atoms with Gasteiger partial charge < -0.3 is 5.73 Å². The van der Waals surface area contributed by atoms with Crippen LogP contribution in [0.5, 0.6) is 0 Å². The van der Waals surface area contributed by atoms with Gasteiger partial charge in [0.25, 0.3) is 5.95 Å². The fourth-order valence-corrected chi connectivity index (χ4v) is 0.868. The molecule has 0 aromatic carbocycles. The van der Waals surface area contributed by atoms with E-state index >= 15 is 0 Å². The highest BCUT2D eigenvalue weighted by Crippen LogP contribution is 2.05. The fourth-order valence-electron chi connectivity index (χ4n) is 0.868. The summed E-state index contributed by atoms with van der Waals surface area (Å²) in [6.45, 7) is 4.84. The molecule has 0 fully saturated rings. The van der Waals surface area contributed by atoms with Gasteiger partial charge in [-0.1, -0.05) is 13.8 Å². The summed E-state index contributed by atoms with van der Waals surface area (Å²) in [6, 6.07) is 0. The third kappa shape index (κ3) is 2.09. The minimum atomic E-state index is 0.282. The van der Waals surface area contributed by atoms with Gasteiger partial charge in [-0.3, -0.25) is 5.01 Å². The van der Waals surface area contributed by atoms with E-state index in [1.807, 2.05) is 0 Å². The summed E-state index contributed by atoms with van der Waals surface area (Å²) in [5, 5.41) is 7.80. The van der Waals surface area contributed by atoms with Crippen molar-refractivity contribution in [2.45, 2.75) is 13.8 Å². The van der Waals surface area contributed by atoms with E-state index in [1.165, 1.54) is 5.01 Å². The van der Waals surface area contributed by atoms with Crippen LogP contribution >= 0.6 is 0 Å². The third-order valence-electron chi connectivity index (χ3n) is 1.31. The number of H-pyrrole nitrogens is 1. The van der Waals surface area contributed by atoms with Crippen LogP contribution in [-0.2, 0) is 0 Å². The number of nitrogens with one attached hydrogen (secondary N) is 1. The molecule has 1 heterocycles. The highest BCUT2D eigenvalue weighted by atomic mass is 15.5. The van der Waals surface area contributed by atoms with E-state index in [1.54, 1.807) is 0 Å². The lowest BCUT2D eigenvalue weighted by Gasteiger charge is -2.15. The number of anilines is 2. The van der Waals surface area contributed by atoms with E-state index in [2.05, 4.69) is 29.0 Å². The van der Waals surface area contributed by atoms with E-state index in [0.29, 0.717) is 18.4 Å². The smallest absolute Gasteiger partial charge is 0.260 e. The zero-order valence-corrected chi connectivity index (χ0v) is 7.28. The topological polar surface area (TPSA) is 96.8 Å². The zero-order valence-electron chi connectivity index (χ0n) is 7.28. The Hall–Kier alpha value is -1.30. The quantitative estimate of drug-likeness (QED) is 0.428. The Morgan fingerprint density at radius 1 is 1.58 bits per heavy atom. The van der Waals surface area contributed by atoms with Gasteiger partial charge >= 0.3 is 0 Å². The normalized spacial score (nSPS) is 10.7. The minimum absolute atomic E-state index is 0.282. The molecule has 0 radical (unpaired) electrons. The molecule has 1 rings (SSSR count). The van der Waals surface area contributed by atoms with Crippen LogP contribution in [0.4, 0.5) is 11.9 Å². The number of hydrogen-bond acceptors (Lipinski definition) is 5. The van der Waals surface area contributed by atoms with E-state index in [0.717, 1.165) is 0 Å². The Morgan fingerprint density at radius 3 is 2.67 bits per heavy atom. The summed E-state index contributed by atoms with van der Waals surface area (Å²) in [4.78, 5) is 3.88. The van der Waals surface area contributed by atoms with Gasteiger partial charge in [-0.2, -0.15) is 4.98 Å². The largest absolute Gasteiger partial charge is 0.368 e. The van der Waals surface area contributed by atoms with E-state index in [-0.39, 0.29) is 5.95 Å². The predicted molar refractivity (Wildman–Crippen MR) is 47.2 cm³/mol. The first-order valence-electron chi connectivity index (χ1n) is 3.79. The Kier molecular flexibility index (Phi) is 2.49. The number of aromatic nitrogens is 3. The average molecular weight is 170 g/mol. The van der Waals surface area contributed by atoms with Crippen molar-refractivity contribution in [3.05, 3.63) is 0 Å². The van der Waals surface area contributed by atoms with Crippen molar-refractivity contribution in [1.82, 2.24) is 15.2 Å². The Labute approximate surface area is 70.9 Å². The van der Waals surface area contributed by atoms with Crippen molar-refractivity contribution in [3.8, 4) is 0 Å². The number of rotatable bonds is 3. The lowest BCUT2D eigenvalue weighted by Crippen LogP contribution is -2.35.